The lowest BCUT2D eigenvalue weighted by molar-refractivity contribution is -0.144. The van der Waals surface area contributed by atoms with E-state index in [0.717, 1.165) is 6.54 Å². The van der Waals surface area contributed by atoms with Crippen molar-refractivity contribution < 1.29 is 9.53 Å². The van der Waals surface area contributed by atoms with Gasteiger partial charge < -0.3 is 4.74 Å². The van der Waals surface area contributed by atoms with E-state index in [0.29, 0.717) is 13.2 Å². The Balaban J connectivity index is 2.67. The van der Waals surface area contributed by atoms with Gasteiger partial charge in [0, 0.05) is 6.54 Å². The van der Waals surface area contributed by atoms with Crippen molar-refractivity contribution in [2.45, 2.75) is 34.2 Å². The van der Waals surface area contributed by atoms with E-state index in [1.165, 1.54) is 22.3 Å². The van der Waals surface area contributed by atoms with Crippen LogP contribution < -0.4 is 0 Å². The normalized spacial score (nSPS) is 10.8. The lowest BCUT2D eigenvalue weighted by Crippen LogP contribution is -2.27. The third-order valence-electron chi connectivity index (χ3n) is 3.10. The molecule has 0 amide bonds. The predicted octanol–water partition coefficient (Wildman–Crippen LogP) is 2.61. The molecule has 0 fully saturated rings. The summed E-state index contributed by atoms with van der Waals surface area (Å²) in [4.78, 5) is 13.4. The van der Waals surface area contributed by atoms with Gasteiger partial charge in [0.05, 0.1) is 13.2 Å². The number of carbonyl (C=O) groups excluding carboxylic acids is 1. The summed E-state index contributed by atoms with van der Waals surface area (Å²) in [6.07, 6.45) is 0. The molecule has 3 nitrogen and oxygen atoms in total. The van der Waals surface area contributed by atoms with Crippen LogP contribution in [0.3, 0.4) is 0 Å². The quantitative estimate of drug-likeness (QED) is 0.751. The summed E-state index contributed by atoms with van der Waals surface area (Å²) in [5.41, 5.74) is 5.14. The fourth-order valence-electron chi connectivity index (χ4n) is 1.96. The first kappa shape index (κ1) is 14.7. The van der Waals surface area contributed by atoms with E-state index in [2.05, 4.69) is 32.9 Å². The molecule has 0 saturated heterocycles. The summed E-state index contributed by atoms with van der Waals surface area (Å²) in [6, 6.07) is 4.40. The molecular formula is C15H23NO2. The molecule has 0 bridgehead atoms. The molecule has 0 saturated carbocycles. The van der Waals surface area contributed by atoms with Gasteiger partial charge in [0.2, 0.25) is 0 Å². The predicted molar refractivity (Wildman–Crippen MR) is 73.6 cm³/mol. The highest BCUT2D eigenvalue weighted by Crippen LogP contribution is 2.16. The number of hydrogen-bond acceptors (Lipinski definition) is 3. The third-order valence-corrected chi connectivity index (χ3v) is 3.10. The van der Waals surface area contributed by atoms with Crippen LogP contribution in [0.5, 0.6) is 0 Å². The van der Waals surface area contributed by atoms with Crippen LogP contribution in [0, 0.1) is 20.8 Å². The first-order chi connectivity index (χ1) is 8.43. The van der Waals surface area contributed by atoms with Crippen molar-refractivity contribution in [1.82, 2.24) is 4.90 Å². The molecule has 1 aromatic carbocycles. The number of carbonyl (C=O) groups is 1. The highest BCUT2D eigenvalue weighted by Gasteiger charge is 2.09. The van der Waals surface area contributed by atoms with Crippen molar-refractivity contribution >= 4 is 5.97 Å². The van der Waals surface area contributed by atoms with E-state index in [9.17, 15) is 4.79 Å². The maximum atomic E-state index is 11.4. The Morgan fingerprint density at radius 3 is 2.39 bits per heavy atom. The summed E-state index contributed by atoms with van der Waals surface area (Å²) in [5, 5.41) is 0. The van der Waals surface area contributed by atoms with Crippen LogP contribution in [0.2, 0.25) is 0 Å². The van der Waals surface area contributed by atoms with Crippen LogP contribution in [0.15, 0.2) is 12.1 Å². The van der Waals surface area contributed by atoms with Crippen molar-refractivity contribution in [2.75, 3.05) is 20.2 Å². The first-order valence-electron chi connectivity index (χ1n) is 6.35. The molecule has 0 aromatic heterocycles. The lowest BCUT2D eigenvalue weighted by atomic mass is 10.0. The Morgan fingerprint density at radius 2 is 1.78 bits per heavy atom. The zero-order chi connectivity index (χ0) is 13.7. The van der Waals surface area contributed by atoms with Crippen LogP contribution in [-0.4, -0.2) is 31.1 Å². The van der Waals surface area contributed by atoms with Crippen LogP contribution >= 0.6 is 0 Å². The second-order valence-electron chi connectivity index (χ2n) is 4.84. The fourth-order valence-corrected chi connectivity index (χ4v) is 1.96. The molecule has 0 spiro atoms. The minimum atomic E-state index is -0.165. The summed E-state index contributed by atoms with van der Waals surface area (Å²) in [7, 11) is 1.94. The van der Waals surface area contributed by atoms with Crippen molar-refractivity contribution in [3.8, 4) is 0 Å². The average molecular weight is 249 g/mol. The Morgan fingerprint density at radius 1 is 1.17 bits per heavy atom. The molecule has 0 atom stereocenters. The van der Waals surface area contributed by atoms with E-state index in [4.69, 9.17) is 4.74 Å². The molecule has 0 aliphatic heterocycles. The van der Waals surface area contributed by atoms with Gasteiger partial charge in [0.15, 0.2) is 0 Å². The van der Waals surface area contributed by atoms with Gasteiger partial charge in [0.1, 0.15) is 0 Å². The molecule has 1 rings (SSSR count). The topological polar surface area (TPSA) is 29.5 Å². The third kappa shape index (κ3) is 4.15. The summed E-state index contributed by atoms with van der Waals surface area (Å²) in [6.45, 7) is 9.71. The largest absolute Gasteiger partial charge is 0.465 e. The van der Waals surface area contributed by atoms with Gasteiger partial charge in [-0.05, 0) is 57.0 Å². The molecule has 0 unspecified atom stereocenters. The highest BCUT2D eigenvalue weighted by atomic mass is 16.5. The number of aryl methyl sites for hydroxylation is 3. The van der Waals surface area contributed by atoms with Crippen molar-refractivity contribution in [1.29, 1.82) is 0 Å². The Labute approximate surface area is 110 Å². The second kappa shape index (κ2) is 6.55. The van der Waals surface area contributed by atoms with E-state index in [1.54, 1.807) is 0 Å². The Kier molecular flexibility index (Phi) is 5.35. The van der Waals surface area contributed by atoms with Gasteiger partial charge in [0.25, 0.3) is 0 Å². The van der Waals surface area contributed by atoms with Gasteiger partial charge >= 0.3 is 5.97 Å². The number of rotatable bonds is 5. The van der Waals surface area contributed by atoms with Gasteiger partial charge in [-0.25, -0.2) is 0 Å². The molecule has 0 N–H and O–H groups in total. The zero-order valence-electron chi connectivity index (χ0n) is 12.0. The van der Waals surface area contributed by atoms with Crippen LogP contribution in [0.25, 0.3) is 0 Å². The van der Waals surface area contributed by atoms with Gasteiger partial charge in [-0.15, -0.1) is 0 Å². The van der Waals surface area contributed by atoms with Crippen LogP contribution in [0.4, 0.5) is 0 Å². The monoisotopic (exact) mass is 249 g/mol. The van der Waals surface area contributed by atoms with Gasteiger partial charge in [-0.1, -0.05) is 12.1 Å². The molecule has 0 aliphatic rings. The van der Waals surface area contributed by atoms with Crippen molar-refractivity contribution in [3.05, 3.63) is 34.4 Å². The SMILES string of the molecule is CCOC(=O)CN(C)Cc1cc(C)c(C)cc1C. The van der Waals surface area contributed by atoms with E-state index < -0.39 is 0 Å². The van der Waals surface area contributed by atoms with E-state index in [-0.39, 0.29) is 5.97 Å². The second-order valence-corrected chi connectivity index (χ2v) is 4.84. The number of nitrogens with zero attached hydrogens (tertiary/aromatic N) is 1. The minimum Gasteiger partial charge on any atom is -0.465 e. The fraction of sp³-hybridized carbons (Fsp3) is 0.533. The van der Waals surface area contributed by atoms with Gasteiger partial charge in [-0.2, -0.15) is 0 Å². The number of benzene rings is 1. The smallest absolute Gasteiger partial charge is 0.320 e. The van der Waals surface area contributed by atoms with Crippen LogP contribution in [-0.2, 0) is 16.1 Å². The number of hydrogen-bond donors (Lipinski definition) is 0. The lowest BCUT2D eigenvalue weighted by Gasteiger charge is -2.18. The number of ether oxygens (including phenoxy) is 1. The van der Waals surface area contributed by atoms with E-state index >= 15 is 0 Å². The Bertz CT molecular complexity index is 427. The Hall–Kier alpha value is -1.35. The molecule has 100 valence electrons. The summed E-state index contributed by atoms with van der Waals surface area (Å²) >= 11 is 0. The zero-order valence-corrected chi connectivity index (χ0v) is 12.0. The van der Waals surface area contributed by atoms with E-state index in [1.807, 2.05) is 18.9 Å². The standard InChI is InChI=1S/C15H23NO2/c1-6-18-15(17)10-16(5)9-14-8-12(3)11(2)7-13(14)4/h7-8H,6,9-10H2,1-5H3. The maximum absolute atomic E-state index is 11.4. The summed E-state index contributed by atoms with van der Waals surface area (Å²) in [5.74, 6) is -0.165. The first-order valence-corrected chi connectivity index (χ1v) is 6.35. The molecule has 1 aromatic rings. The molecule has 0 heterocycles. The van der Waals surface area contributed by atoms with Gasteiger partial charge in [-0.3, -0.25) is 9.69 Å². The molecular weight excluding hydrogens is 226 g/mol. The molecule has 0 aliphatic carbocycles. The van der Waals surface area contributed by atoms with Crippen LogP contribution in [0.1, 0.15) is 29.2 Å². The minimum absolute atomic E-state index is 0.165. The molecule has 0 radical (unpaired) electrons. The van der Waals surface area contributed by atoms with Crippen molar-refractivity contribution in [2.24, 2.45) is 0 Å². The number of likely N-dealkylation sites (N-methyl/N-ethyl adjacent to an activating group) is 1. The molecule has 3 heteroatoms. The van der Waals surface area contributed by atoms with Crippen molar-refractivity contribution in [3.63, 3.8) is 0 Å². The average Bonchev–Trinajstić information content (AvgIpc) is 2.26. The molecule has 18 heavy (non-hydrogen) atoms. The number of esters is 1. The maximum Gasteiger partial charge on any atom is 0.320 e. The summed E-state index contributed by atoms with van der Waals surface area (Å²) < 4.78 is 4.94. The highest BCUT2D eigenvalue weighted by molar-refractivity contribution is 5.71.